The van der Waals surface area contributed by atoms with Crippen molar-refractivity contribution in [1.29, 1.82) is 0 Å². The molecule has 1 aliphatic carbocycles. The van der Waals surface area contributed by atoms with Crippen LogP contribution >= 0.6 is 34.5 Å². The van der Waals surface area contributed by atoms with Crippen molar-refractivity contribution in [2.75, 3.05) is 0 Å². The average molecular weight is 320 g/mol. The molecule has 1 unspecified atom stereocenters. The highest BCUT2D eigenvalue weighted by atomic mass is 35.5. The number of thiazole rings is 1. The van der Waals surface area contributed by atoms with Gasteiger partial charge in [-0.05, 0) is 13.3 Å². The fourth-order valence-electron chi connectivity index (χ4n) is 1.89. The van der Waals surface area contributed by atoms with Crippen molar-refractivity contribution in [3.8, 4) is 0 Å². The summed E-state index contributed by atoms with van der Waals surface area (Å²) in [6, 6.07) is 0. The Morgan fingerprint density at radius 1 is 1.63 bits per heavy atom. The van der Waals surface area contributed by atoms with Crippen LogP contribution in [0.5, 0.6) is 0 Å². The molecular formula is C11H11Cl2N3O2S. The van der Waals surface area contributed by atoms with Gasteiger partial charge in [-0.3, -0.25) is 4.79 Å². The molecule has 8 heteroatoms. The number of aryl methyl sites for hydroxylation is 2. The highest BCUT2D eigenvalue weighted by Gasteiger charge is 2.55. The smallest absolute Gasteiger partial charge is 0.307 e. The van der Waals surface area contributed by atoms with E-state index >= 15 is 0 Å². The van der Waals surface area contributed by atoms with Gasteiger partial charge in [0.25, 0.3) is 0 Å². The summed E-state index contributed by atoms with van der Waals surface area (Å²) in [5.74, 6) is 1.01. The number of hydrogen-bond acceptors (Lipinski definition) is 5. The second-order valence-electron chi connectivity index (χ2n) is 4.61. The number of alkyl halides is 2. The van der Waals surface area contributed by atoms with Gasteiger partial charge in [0.1, 0.15) is 4.33 Å². The van der Waals surface area contributed by atoms with Gasteiger partial charge in [-0.15, -0.1) is 23.2 Å². The molecule has 1 fully saturated rings. The fourth-order valence-corrected chi connectivity index (χ4v) is 3.15. The highest BCUT2D eigenvalue weighted by Crippen LogP contribution is 2.58. The first-order chi connectivity index (χ1) is 8.97. The van der Waals surface area contributed by atoms with Gasteiger partial charge in [0.15, 0.2) is 5.82 Å². The van der Waals surface area contributed by atoms with Gasteiger partial charge in [-0.2, -0.15) is 4.98 Å². The quantitative estimate of drug-likeness (QED) is 0.812. The van der Waals surface area contributed by atoms with E-state index in [1.807, 2.05) is 12.3 Å². The Bertz CT molecular complexity index is 661. The number of nitrogens with zero attached hydrogens (tertiary/aromatic N) is 3. The third-order valence-corrected chi connectivity index (χ3v) is 4.86. The summed E-state index contributed by atoms with van der Waals surface area (Å²) in [4.78, 5) is 15.8. The van der Waals surface area contributed by atoms with E-state index in [-0.39, 0.29) is 10.8 Å². The summed E-state index contributed by atoms with van der Waals surface area (Å²) in [5.41, 5.74) is 0.942. The lowest BCUT2D eigenvalue weighted by molar-refractivity contribution is 0.366. The maximum absolute atomic E-state index is 11.5. The van der Waals surface area contributed by atoms with Crippen LogP contribution in [-0.4, -0.2) is 19.0 Å². The van der Waals surface area contributed by atoms with E-state index in [2.05, 4.69) is 10.1 Å². The van der Waals surface area contributed by atoms with E-state index in [9.17, 15) is 4.79 Å². The van der Waals surface area contributed by atoms with E-state index < -0.39 is 4.33 Å². The summed E-state index contributed by atoms with van der Waals surface area (Å²) in [7, 11) is 0. The molecule has 0 aromatic carbocycles. The summed E-state index contributed by atoms with van der Waals surface area (Å²) < 4.78 is 6.09. The molecule has 3 rings (SSSR count). The van der Waals surface area contributed by atoms with Crippen LogP contribution in [0.4, 0.5) is 0 Å². The maximum Gasteiger partial charge on any atom is 0.307 e. The summed E-state index contributed by atoms with van der Waals surface area (Å²) in [6.45, 7) is 2.43. The van der Waals surface area contributed by atoms with Gasteiger partial charge < -0.3 is 9.09 Å². The van der Waals surface area contributed by atoms with Gasteiger partial charge in [-0.1, -0.05) is 16.5 Å². The Morgan fingerprint density at radius 2 is 2.37 bits per heavy atom. The number of hydrogen-bond donors (Lipinski definition) is 0. The largest absolute Gasteiger partial charge is 0.339 e. The SMILES string of the molecule is Cc1csc(=O)n1CCc1nc(C2CC2(Cl)Cl)no1. The van der Waals surface area contributed by atoms with Crippen molar-refractivity contribution in [1.82, 2.24) is 14.7 Å². The van der Waals surface area contributed by atoms with Crippen LogP contribution in [0, 0.1) is 6.92 Å². The van der Waals surface area contributed by atoms with Crippen molar-refractivity contribution in [2.45, 2.75) is 36.6 Å². The first-order valence-electron chi connectivity index (χ1n) is 5.82. The highest BCUT2D eigenvalue weighted by molar-refractivity contribution is 7.07. The van der Waals surface area contributed by atoms with E-state index in [1.54, 1.807) is 4.57 Å². The first-order valence-corrected chi connectivity index (χ1v) is 7.46. The molecule has 1 aliphatic rings. The van der Waals surface area contributed by atoms with Gasteiger partial charge >= 0.3 is 4.87 Å². The topological polar surface area (TPSA) is 60.9 Å². The van der Waals surface area contributed by atoms with E-state index in [0.717, 1.165) is 5.69 Å². The van der Waals surface area contributed by atoms with Crippen LogP contribution in [0.2, 0.25) is 0 Å². The van der Waals surface area contributed by atoms with Crippen molar-refractivity contribution in [3.63, 3.8) is 0 Å². The molecule has 2 aromatic rings. The Labute approximate surface area is 123 Å². The van der Waals surface area contributed by atoms with Crippen LogP contribution in [0.3, 0.4) is 0 Å². The van der Waals surface area contributed by atoms with Crippen LogP contribution in [0.25, 0.3) is 0 Å². The van der Waals surface area contributed by atoms with Gasteiger partial charge in [0.2, 0.25) is 5.89 Å². The minimum Gasteiger partial charge on any atom is -0.339 e. The lowest BCUT2D eigenvalue weighted by Crippen LogP contribution is -2.16. The molecule has 102 valence electrons. The monoisotopic (exact) mass is 319 g/mol. The normalized spacial score (nSPS) is 20.7. The molecule has 0 spiro atoms. The lowest BCUT2D eigenvalue weighted by atomic mass is 10.4. The second kappa shape index (κ2) is 4.61. The average Bonchev–Trinajstić information content (AvgIpc) is 2.73. The van der Waals surface area contributed by atoms with Crippen molar-refractivity contribution in [3.05, 3.63) is 32.5 Å². The van der Waals surface area contributed by atoms with E-state index in [4.69, 9.17) is 27.7 Å². The predicted octanol–water partition coefficient (Wildman–Crippen LogP) is 2.51. The molecule has 0 N–H and O–H groups in total. The second-order valence-corrected chi connectivity index (χ2v) is 6.97. The minimum absolute atomic E-state index is 0.0277. The zero-order chi connectivity index (χ0) is 13.6. The van der Waals surface area contributed by atoms with Crippen LogP contribution in [-0.2, 0) is 13.0 Å². The Morgan fingerprint density at radius 3 is 2.95 bits per heavy atom. The molecule has 1 saturated carbocycles. The van der Waals surface area contributed by atoms with E-state index in [1.165, 1.54) is 11.3 Å². The van der Waals surface area contributed by atoms with Crippen molar-refractivity contribution >= 4 is 34.5 Å². The molecule has 19 heavy (non-hydrogen) atoms. The third-order valence-electron chi connectivity index (χ3n) is 3.15. The zero-order valence-corrected chi connectivity index (χ0v) is 12.4. The van der Waals surface area contributed by atoms with Gasteiger partial charge in [0.05, 0.1) is 5.92 Å². The lowest BCUT2D eigenvalue weighted by Gasteiger charge is -2.00. The molecule has 0 amide bonds. The molecule has 5 nitrogen and oxygen atoms in total. The Kier molecular flexibility index (Phi) is 3.19. The minimum atomic E-state index is -0.748. The molecule has 0 bridgehead atoms. The van der Waals surface area contributed by atoms with Crippen LogP contribution < -0.4 is 4.87 Å². The van der Waals surface area contributed by atoms with Gasteiger partial charge in [-0.25, -0.2) is 0 Å². The number of rotatable bonds is 4. The molecule has 1 atom stereocenters. The standard InChI is InChI=1S/C11H11Cl2N3O2S/c1-6-5-19-10(17)16(6)3-2-8-14-9(15-18-8)7-4-11(7,12)13/h5,7H,2-4H2,1H3. The zero-order valence-electron chi connectivity index (χ0n) is 10.1. The van der Waals surface area contributed by atoms with Crippen molar-refractivity contribution < 1.29 is 4.52 Å². The number of halogens is 2. The number of aromatic nitrogens is 3. The Balaban J connectivity index is 1.67. The first kappa shape index (κ1) is 13.1. The molecule has 0 aliphatic heterocycles. The summed E-state index contributed by atoms with van der Waals surface area (Å²) >= 11 is 13.1. The summed E-state index contributed by atoms with van der Waals surface area (Å²) in [5, 5.41) is 5.71. The molecule has 2 heterocycles. The molecular weight excluding hydrogens is 309 g/mol. The van der Waals surface area contributed by atoms with E-state index in [0.29, 0.717) is 31.1 Å². The molecule has 2 aromatic heterocycles. The van der Waals surface area contributed by atoms with Crippen LogP contribution in [0.15, 0.2) is 14.7 Å². The molecule has 0 saturated heterocycles. The van der Waals surface area contributed by atoms with Crippen molar-refractivity contribution in [2.24, 2.45) is 0 Å². The maximum atomic E-state index is 11.5. The van der Waals surface area contributed by atoms with Gasteiger partial charge in [0, 0.05) is 24.0 Å². The summed E-state index contributed by atoms with van der Waals surface area (Å²) in [6.07, 6.45) is 1.17. The molecule has 0 radical (unpaired) electrons. The predicted molar refractivity (Wildman–Crippen MR) is 73.1 cm³/mol. The third kappa shape index (κ3) is 2.57. The Hall–Kier alpha value is -0.850. The van der Waals surface area contributed by atoms with Crippen LogP contribution in [0.1, 0.15) is 29.7 Å². The fraction of sp³-hybridized carbons (Fsp3) is 0.545.